The highest BCUT2D eigenvalue weighted by Gasteiger charge is 2.20. The zero-order valence-electron chi connectivity index (χ0n) is 14.5. The van der Waals surface area contributed by atoms with Crippen LogP contribution in [0.1, 0.15) is 36.5 Å². The van der Waals surface area contributed by atoms with Gasteiger partial charge in [0.05, 0.1) is 0 Å². The Bertz CT molecular complexity index is 781. The molecule has 1 aliphatic rings. The fraction of sp³-hybridized carbons (Fsp3) is 0.261. The number of benzene rings is 2. The maximum atomic E-state index is 12.3. The minimum Gasteiger partial charge on any atom is -0.299 e. The van der Waals surface area contributed by atoms with Crippen molar-refractivity contribution in [2.75, 3.05) is 0 Å². The van der Waals surface area contributed by atoms with Crippen LogP contribution in [0.15, 0.2) is 72.3 Å². The summed E-state index contributed by atoms with van der Waals surface area (Å²) in [6, 6.07) is 18.7. The summed E-state index contributed by atoms with van der Waals surface area (Å²) in [6.45, 7) is 4.30. The Hall–Kier alpha value is -2.41. The molecular weight excluding hydrogens is 292 g/mol. The van der Waals surface area contributed by atoms with E-state index in [1.165, 1.54) is 22.3 Å². The van der Waals surface area contributed by atoms with Crippen molar-refractivity contribution in [3.63, 3.8) is 0 Å². The van der Waals surface area contributed by atoms with Crippen molar-refractivity contribution in [2.45, 2.75) is 33.1 Å². The monoisotopic (exact) mass is 316 g/mol. The molecule has 1 nitrogen and oxygen atoms in total. The fourth-order valence-corrected chi connectivity index (χ4v) is 3.38. The van der Waals surface area contributed by atoms with Gasteiger partial charge in [-0.3, -0.25) is 4.79 Å². The van der Waals surface area contributed by atoms with E-state index in [1.54, 1.807) is 0 Å². The molecule has 0 saturated carbocycles. The fourth-order valence-electron chi connectivity index (χ4n) is 3.38. The highest BCUT2D eigenvalue weighted by molar-refractivity contribution is 5.81. The summed E-state index contributed by atoms with van der Waals surface area (Å²) in [5.74, 6) is 0.723. The van der Waals surface area contributed by atoms with Gasteiger partial charge in [0.25, 0.3) is 0 Å². The molecule has 0 aromatic heterocycles. The predicted octanol–water partition coefficient (Wildman–Crippen LogP) is 5.55. The first-order valence-corrected chi connectivity index (χ1v) is 8.67. The number of aryl methyl sites for hydroxylation is 1. The van der Waals surface area contributed by atoms with Crippen molar-refractivity contribution in [1.29, 1.82) is 0 Å². The van der Waals surface area contributed by atoms with Crippen LogP contribution in [0.3, 0.4) is 0 Å². The third-order valence-corrected chi connectivity index (χ3v) is 4.78. The van der Waals surface area contributed by atoms with Crippen molar-refractivity contribution < 1.29 is 4.79 Å². The van der Waals surface area contributed by atoms with Gasteiger partial charge in [0.1, 0.15) is 5.78 Å². The molecule has 1 aliphatic carbocycles. The molecule has 0 amide bonds. The van der Waals surface area contributed by atoms with E-state index in [9.17, 15) is 4.79 Å². The van der Waals surface area contributed by atoms with Gasteiger partial charge in [0, 0.05) is 18.8 Å². The first-order valence-electron chi connectivity index (χ1n) is 8.67. The van der Waals surface area contributed by atoms with Crippen LogP contribution in [0.25, 0.3) is 5.57 Å². The minimum atomic E-state index is 0.321. The molecule has 0 spiro atoms. The highest BCUT2D eigenvalue weighted by Crippen LogP contribution is 2.36. The van der Waals surface area contributed by atoms with Gasteiger partial charge in [0.15, 0.2) is 0 Å². The molecular formula is C23H24O. The maximum Gasteiger partial charge on any atom is 0.137 e. The SMILES string of the molecule is Cc1cccc(CC(=O)CCC2=CC=C(c3ccccc3)C2C)c1. The van der Waals surface area contributed by atoms with Crippen LogP contribution in [0.4, 0.5) is 0 Å². The Labute approximate surface area is 144 Å². The number of carbonyl (C=O) groups excluding carboxylic acids is 1. The summed E-state index contributed by atoms with van der Waals surface area (Å²) in [4.78, 5) is 12.3. The molecule has 24 heavy (non-hydrogen) atoms. The molecule has 1 atom stereocenters. The molecule has 2 aromatic rings. The number of allylic oxidation sites excluding steroid dienone is 4. The number of ketones is 1. The van der Waals surface area contributed by atoms with Gasteiger partial charge in [-0.25, -0.2) is 0 Å². The zero-order chi connectivity index (χ0) is 16.9. The lowest BCUT2D eigenvalue weighted by molar-refractivity contribution is -0.118. The lowest BCUT2D eigenvalue weighted by Gasteiger charge is -2.15. The topological polar surface area (TPSA) is 17.1 Å². The summed E-state index contributed by atoms with van der Waals surface area (Å²) in [5.41, 5.74) is 6.34. The second-order valence-electron chi connectivity index (χ2n) is 6.66. The lowest BCUT2D eigenvalue weighted by atomic mass is 9.89. The van der Waals surface area contributed by atoms with Gasteiger partial charge in [0.2, 0.25) is 0 Å². The largest absolute Gasteiger partial charge is 0.299 e. The average Bonchev–Trinajstić information content (AvgIpc) is 2.94. The number of rotatable bonds is 6. The Kier molecular flexibility index (Phi) is 5.10. The van der Waals surface area contributed by atoms with E-state index >= 15 is 0 Å². The van der Waals surface area contributed by atoms with E-state index in [0.717, 1.165) is 12.0 Å². The van der Waals surface area contributed by atoms with E-state index in [1.807, 2.05) is 18.2 Å². The molecule has 1 heteroatoms. The molecule has 0 N–H and O–H groups in total. The Morgan fingerprint density at radius 3 is 2.54 bits per heavy atom. The first-order chi connectivity index (χ1) is 11.6. The molecule has 0 heterocycles. The van der Waals surface area contributed by atoms with Crippen LogP contribution in [0.2, 0.25) is 0 Å². The molecule has 0 radical (unpaired) electrons. The van der Waals surface area contributed by atoms with Gasteiger partial charge < -0.3 is 0 Å². The van der Waals surface area contributed by atoms with Crippen LogP contribution >= 0.6 is 0 Å². The lowest BCUT2D eigenvalue weighted by Crippen LogP contribution is -2.06. The molecule has 0 saturated heterocycles. The van der Waals surface area contributed by atoms with E-state index in [2.05, 4.69) is 62.4 Å². The third-order valence-electron chi connectivity index (χ3n) is 4.78. The molecule has 0 bridgehead atoms. The molecule has 3 rings (SSSR count). The van der Waals surface area contributed by atoms with Crippen LogP contribution in [-0.4, -0.2) is 5.78 Å². The van der Waals surface area contributed by atoms with Crippen molar-refractivity contribution in [2.24, 2.45) is 5.92 Å². The number of carbonyl (C=O) groups is 1. The zero-order valence-corrected chi connectivity index (χ0v) is 14.5. The predicted molar refractivity (Wildman–Crippen MR) is 101 cm³/mol. The van der Waals surface area contributed by atoms with Crippen LogP contribution in [-0.2, 0) is 11.2 Å². The summed E-state index contributed by atoms with van der Waals surface area (Å²) < 4.78 is 0. The van der Waals surface area contributed by atoms with Crippen molar-refractivity contribution >= 4 is 11.4 Å². The van der Waals surface area contributed by atoms with Gasteiger partial charge in [-0.1, -0.05) is 84.8 Å². The quantitative estimate of drug-likeness (QED) is 0.683. The van der Waals surface area contributed by atoms with Crippen molar-refractivity contribution in [3.8, 4) is 0 Å². The number of Topliss-reactive ketones (excluding diaryl/α,β-unsaturated/α-hetero) is 1. The van der Waals surface area contributed by atoms with Crippen molar-refractivity contribution in [1.82, 2.24) is 0 Å². The van der Waals surface area contributed by atoms with Gasteiger partial charge in [-0.15, -0.1) is 0 Å². The van der Waals surface area contributed by atoms with Gasteiger partial charge in [-0.2, -0.15) is 0 Å². The first kappa shape index (κ1) is 16.4. The van der Waals surface area contributed by atoms with Gasteiger partial charge >= 0.3 is 0 Å². The van der Waals surface area contributed by atoms with Crippen LogP contribution in [0, 0.1) is 12.8 Å². The molecule has 1 unspecified atom stereocenters. The van der Waals surface area contributed by atoms with E-state index in [4.69, 9.17) is 0 Å². The van der Waals surface area contributed by atoms with Crippen LogP contribution < -0.4 is 0 Å². The Morgan fingerprint density at radius 2 is 1.79 bits per heavy atom. The molecule has 2 aromatic carbocycles. The highest BCUT2D eigenvalue weighted by atomic mass is 16.1. The smallest absolute Gasteiger partial charge is 0.137 e. The van der Waals surface area contributed by atoms with E-state index in [-0.39, 0.29) is 0 Å². The summed E-state index contributed by atoms with van der Waals surface area (Å²) in [5, 5.41) is 0. The molecule has 122 valence electrons. The molecule has 0 aliphatic heterocycles. The maximum absolute atomic E-state index is 12.3. The Morgan fingerprint density at radius 1 is 1.00 bits per heavy atom. The second kappa shape index (κ2) is 7.44. The Balaban J connectivity index is 1.54. The number of hydrogen-bond acceptors (Lipinski definition) is 1. The number of hydrogen-bond donors (Lipinski definition) is 0. The van der Waals surface area contributed by atoms with E-state index in [0.29, 0.717) is 24.5 Å². The van der Waals surface area contributed by atoms with Gasteiger partial charge in [-0.05, 0) is 30.0 Å². The third kappa shape index (κ3) is 3.91. The summed E-state index contributed by atoms with van der Waals surface area (Å²) >= 11 is 0. The normalized spacial score (nSPS) is 16.7. The summed E-state index contributed by atoms with van der Waals surface area (Å²) in [7, 11) is 0. The standard InChI is InChI=1S/C23H24O/c1-17-7-6-8-19(15-17)16-22(24)13-11-20-12-14-23(18(20)2)21-9-4-3-5-10-21/h3-10,12,14-15,18H,11,13,16H2,1-2H3. The molecule has 0 fully saturated rings. The summed E-state index contributed by atoms with van der Waals surface area (Å²) in [6.07, 6.45) is 6.44. The van der Waals surface area contributed by atoms with Crippen LogP contribution in [0.5, 0.6) is 0 Å². The van der Waals surface area contributed by atoms with Crippen molar-refractivity contribution in [3.05, 3.63) is 89.0 Å². The minimum absolute atomic E-state index is 0.321. The average molecular weight is 316 g/mol. The van der Waals surface area contributed by atoms with E-state index < -0.39 is 0 Å². The second-order valence-corrected chi connectivity index (χ2v) is 6.66.